The van der Waals surface area contributed by atoms with E-state index in [1.807, 2.05) is 6.92 Å². The van der Waals surface area contributed by atoms with Gasteiger partial charge in [-0.2, -0.15) is 0 Å². The van der Waals surface area contributed by atoms with Gasteiger partial charge in [0.15, 0.2) is 0 Å². The Morgan fingerprint density at radius 1 is 1.56 bits per heavy atom. The lowest BCUT2D eigenvalue weighted by molar-refractivity contribution is -0.143. The van der Waals surface area contributed by atoms with E-state index in [0.717, 1.165) is 12.8 Å². The molecule has 102 valence electrons. The molecule has 2 amide bonds. The molecule has 1 N–H and O–H groups in total. The van der Waals surface area contributed by atoms with Gasteiger partial charge in [-0.1, -0.05) is 13.0 Å². The fourth-order valence-corrected chi connectivity index (χ4v) is 2.24. The number of nitrogens with zero attached hydrogens (tertiary/aromatic N) is 2. The van der Waals surface area contributed by atoms with E-state index in [4.69, 9.17) is 5.11 Å². The second-order valence-electron chi connectivity index (χ2n) is 4.64. The molecule has 1 saturated heterocycles. The number of hydrogen-bond donors (Lipinski definition) is 1. The molecule has 0 aliphatic carbocycles. The van der Waals surface area contributed by atoms with Gasteiger partial charge in [-0.05, 0) is 19.3 Å². The molecule has 5 heteroatoms. The molecule has 1 fully saturated rings. The van der Waals surface area contributed by atoms with Gasteiger partial charge in [0.25, 0.3) is 0 Å². The van der Waals surface area contributed by atoms with Crippen molar-refractivity contribution in [1.29, 1.82) is 0 Å². The number of amides is 2. The zero-order valence-electron chi connectivity index (χ0n) is 11.0. The molecule has 1 heterocycles. The van der Waals surface area contributed by atoms with Crippen molar-refractivity contribution < 1.29 is 14.7 Å². The number of carboxylic acids is 1. The molecule has 1 aliphatic heterocycles. The molecule has 1 aliphatic rings. The topological polar surface area (TPSA) is 60.9 Å². The van der Waals surface area contributed by atoms with Crippen LogP contribution in [0.3, 0.4) is 0 Å². The summed E-state index contributed by atoms with van der Waals surface area (Å²) in [5.41, 5.74) is 0. The van der Waals surface area contributed by atoms with Crippen LogP contribution in [-0.4, -0.2) is 53.1 Å². The van der Waals surface area contributed by atoms with Crippen molar-refractivity contribution in [1.82, 2.24) is 9.80 Å². The lowest BCUT2D eigenvalue weighted by Crippen LogP contribution is -2.49. The minimum atomic E-state index is -0.807. The van der Waals surface area contributed by atoms with Gasteiger partial charge in [-0.3, -0.25) is 4.79 Å². The predicted octanol–water partition coefficient (Wildman–Crippen LogP) is 1.80. The molecule has 1 rings (SSSR count). The Kier molecular flexibility index (Phi) is 5.68. The van der Waals surface area contributed by atoms with Gasteiger partial charge < -0.3 is 14.9 Å². The van der Waals surface area contributed by atoms with E-state index >= 15 is 0 Å². The van der Waals surface area contributed by atoms with Crippen molar-refractivity contribution in [3.05, 3.63) is 12.7 Å². The summed E-state index contributed by atoms with van der Waals surface area (Å²) < 4.78 is 0. The van der Waals surface area contributed by atoms with Crippen molar-refractivity contribution in [2.75, 3.05) is 26.2 Å². The highest BCUT2D eigenvalue weighted by Crippen LogP contribution is 2.18. The maximum atomic E-state index is 12.3. The van der Waals surface area contributed by atoms with Crippen molar-refractivity contribution in [3.8, 4) is 0 Å². The molecule has 0 aromatic carbocycles. The van der Waals surface area contributed by atoms with Crippen LogP contribution < -0.4 is 0 Å². The van der Waals surface area contributed by atoms with Gasteiger partial charge >= 0.3 is 12.0 Å². The van der Waals surface area contributed by atoms with Crippen molar-refractivity contribution in [2.45, 2.75) is 26.2 Å². The summed E-state index contributed by atoms with van der Waals surface area (Å²) in [6.45, 7) is 7.83. The number of hydrogen-bond acceptors (Lipinski definition) is 2. The van der Waals surface area contributed by atoms with Crippen molar-refractivity contribution in [2.24, 2.45) is 5.92 Å². The van der Waals surface area contributed by atoms with Crippen LogP contribution >= 0.6 is 0 Å². The average molecular weight is 254 g/mol. The Hall–Kier alpha value is -1.52. The lowest BCUT2D eigenvalue weighted by Gasteiger charge is -2.34. The summed E-state index contributed by atoms with van der Waals surface area (Å²) >= 11 is 0. The van der Waals surface area contributed by atoms with Crippen LogP contribution in [0.5, 0.6) is 0 Å². The number of urea groups is 1. The third-order valence-corrected chi connectivity index (χ3v) is 3.15. The van der Waals surface area contributed by atoms with Crippen LogP contribution in [0.4, 0.5) is 4.79 Å². The highest BCUT2D eigenvalue weighted by molar-refractivity contribution is 5.76. The molecule has 18 heavy (non-hydrogen) atoms. The number of likely N-dealkylation sites (tertiary alicyclic amines) is 1. The molecule has 1 unspecified atom stereocenters. The molecule has 0 radical (unpaired) electrons. The van der Waals surface area contributed by atoms with Crippen LogP contribution in [-0.2, 0) is 4.79 Å². The molecule has 0 saturated carbocycles. The van der Waals surface area contributed by atoms with E-state index in [2.05, 4.69) is 6.58 Å². The fraction of sp³-hybridized carbons (Fsp3) is 0.692. The van der Waals surface area contributed by atoms with Gasteiger partial charge in [-0.15, -0.1) is 6.58 Å². The molecule has 0 bridgehead atoms. The SMILES string of the molecule is C=CCN(CCC)C(=O)N1CCCC(C(=O)O)C1. The largest absolute Gasteiger partial charge is 0.481 e. The van der Waals surface area contributed by atoms with E-state index in [0.29, 0.717) is 32.6 Å². The van der Waals surface area contributed by atoms with E-state index in [1.54, 1.807) is 15.9 Å². The second kappa shape index (κ2) is 7.03. The average Bonchev–Trinajstić information content (AvgIpc) is 2.38. The molecule has 5 nitrogen and oxygen atoms in total. The van der Waals surface area contributed by atoms with Gasteiger partial charge in [-0.25, -0.2) is 4.79 Å². The maximum absolute atomic E-state index is 12.3. The molecule has 0 aromatic rings. The Bertz CT molecular complexity index is 317. The van der Waals surface area contributed by atoms with Gasteiger partial charge in [0.2, 0.25) is 0 Å². The number of carbonyl (C=O) groups excluding carboxylic acids is 1. The zero-order chi connectivity index (χ0) is 13.5. The van der Waals surface area contributed by atoms with Crippen LogP contribution in [0, 0.1) is 5.92 Å². The second-order valence-corrected chi connectivity index (χ2v) is 4.64. The third-order valence-electron chi connectivity index (χ3n) is 3.15. The smallest absolute Gasteiger partial charge is 0.320 e. The summed E-state index contributed by atoms with van der Waals surface area (Å²) in [5.74, 6) is -1.23. The van der Waals surface area contributed by atoms with E-state index in [1.165, 1.54) is 0 Å². The first kappa shape index (κ1) is 14.5. The predicted molar refractivity (Wildman–Crippen MR) is 69.4 cm³/mol. The Balaban J connectivity index is 2.63. The minimum Gasteiger partial charge on any atom is -0.481 e. The van der Waals surface area contributed by atoms with Crippen LogP contribution in [0.15, 0.2) is 12.7 Å². The summed E-state index contributed by atoms with van der Waals surface area (Å²) in [7, 11) is 0. The first-order chi connectivity index (χ1) is 8.60. The number of carbonyl (C=O) groups is 2. The monoisotopic (exact) mass is 254 g/mol. The highest BCUT2D eigenvalue weighted by Gasteiger charge is 2.29. The molecule has 0 spiro atoms. The van der Waals surface area contributed by atoms with Gasteiger partial charge in [0.05, 0.1) is 5.92 Å². The fourth-order valence-electron chi connectivity index (χ4n) is 2.24. The number of piperidine rings is 1. The Morgan fingerprint density at radius 2 is 2.28 bits per heavy atom. The van der Waals surface area contributed by atoms with Crippen molar-refractivity contribution in [3.63, 3.8) is 0 Å². The number of aliphatic carboxylic acids is 1. The van der Waals surface area contributed by atoms with Crippen LogP contribution in [0.1, 0.15) is 26.2 Å². The van der Waals surface area contributed by atoms with Crippen molar-refractivity contribution >= 4 is 12.0 Å². The molecular formula is C13H22N2O3. The quantitative estimate of drug-likeness (QED) is 0.761. The molecule has 1 atom stereocenters. The van der Waals surface area contributed by atoms with E-state index < -0.39 is 11.9 Å². The van der Waals surface area contributed by atoms with Crippen LogP contribution in [0.2, 0.25) is 0 Å². The third kappa shape index (κ3) is 3.75. The lowest BCUT2D eigenvalue weighted by atomic mass is 9.98. The summed E-state index contributed by atoms with van der Waals surface area (Å²) in [6, 6.07) is -0.0669. The minimum absolute atomic E-state index is 0.0669. The van der Waals surface area contributed by atoms with Crippen LogP contribution in [0.25, 0.3) is 0 Å². The summed E-state index contributed by atoms with van der Waals surface area (Å²) in [5, 5.41) is 9.02. The first-order valence-corrected chi connectivity index (χ1v) is 6.47. The highest BCUT2D eigenvalue weighted by atomic mass is 16.4. The standard InChI is InChI=1S/C13H22N2O3/c1-3-7-14(8-4-2)13(18)15-9-5-6-11(10-15)12(16)17/h3,11H,1,4-10H2,2H3,(H,16,17). The van der Waals surface area contributed by atoms with E-state index in [9.17, 15) is 9.59 Å². The maximum Gasteiger partial charge on any atom is 0.320 e. The molecule has 0 aromatic heterocycles. The molecular weight excluding hydrogens is 232 g/mol. The normalized spacial score (nSPS) is 19.4. The first-order valence-electron chi connectivity index (χ1n) is 6.47. The number of carboxylic acid groups (broad SMARTS) is 1. The zero-order valence-corrected chi connectivity index (χ0v) is 11.0. The van der Waals surface area contributed by atoms with Gasteiger partial charge in [0.1, 0.15) is 0 Å². The summed E-state index contributed by atoms with van der Waals surface area (Å²) in [4.78, 5) is 26.6. The summed E-state index contributed by atoms with van der Waals surface area (Å²) in [6.07, 6.45) is 4.01. The number of rotatable bonds is 5. The van der Waals surface area contributed by atoms with Gasteiger partial charge in [0, 0.05) is 26.2 Å². The van der Waals surface area contributed by atoms with E-state index in [-0.39, 0.29) is 6.03 Å². The Labute approximate surface area is 108 Å². The Morgan fingerprint density at radius 3 is 2.83 bits per heavy atom.